The summed E-state index contributed by atoms with van der Waals surface area (Å²) in [5.41, 5.74) is 1.94. The Labute approximate surface area is 312 Å². The van der Waals surface area contributed by atoms with Gasteiger partial charge in [-0.05, 0) is 55.6 Å². The van der Waals surface area contributed by atoms with Gasteiger partial charge in [0.15, 0.2) is 0 Å². The van der Waals surface area contributed by atoms with Crippen molar-refractivity contribution in [3.8, 4) is 11.5 Å². The summed E-state index contributed by atoms with van der Waals surface area (Å²) in [6.07, 6.45) is 8.92. The van der Waals surface area contributed by atoms with Crippen LogP contribution in [0.1, 0.15) is 105 Å². The minimum Gasteiger partial charge on any atom is -0.496 e. The molecule has 0 aromatic heterocycles. The Kier molecular flexibility index (Phi) is 12.0. The van der Waals surface area contributed by atoms with Crippen molar-refractivity contribution in [2.75, 3.05) is 20.8 Å². The first-order valence-corrected chi connectivity index (χ1v) is 18.8. The number of hydrogen-bond acceptors (Lipinski definition) is 9. The van der Waals surface area contributed by atoms with Crippen LogP contribution in [0.5, 0.6) is 11.5 Å². The van der Waals surface area contributed by atoms with E-state index in [2.05, 4.69) is 21.4 Å². The number of halogens is 1. The minimum absolute atomic E-state index is 0.0647. The third-order valence-electron chi connectivity index (χ3n) is 10.3. The van der Waals surface area contributed by atoms with E-state index in [0.29, 0.717) is 40.6 Å². The lowest BCUT2D eigenvalue weighted by Gasteiger charge is -2.36. The summed E-state index contributed by atoms with van der Waals surface area (Å²) in [5.74, 6) is -2.45. The number of benzene rings is 1. The Morgan fingerprint density at radius 1 is 1.06 bits per heavy atom. The van der Waals surface area contributed by atoms with Crippen molar-refractivity contribution in [3.63, 3.8) is 0 Å². The van der Waals surface area contributed by atoms with Crippen molar-refractivity contribution in [2.24, 2.45) is 11.3 Å². The highest BCUT2D eigenvalue weighted by atomic mass is 35.5. The van der Waals surface area contributed by atoms with Crippen molar-refractivity contribution in [3.05, 3.63) is 28.8 Å². The number of ketones is 1. The Morgan fingerprint density at radius 2 is 1.75 bits per heavy atom. The predicted octanol–water partition coefficient (Wildman–Crippen LogP) is 4.21. The molecule has 0 radical (unpaired) electrons. The molecule has 13 nitrogen and oxygen atoms in total. The van der Waals surface area contributed by atoms with E-state index < -0.39 is 52.6 Å². The van der Waals surface area contributed by atoms with Crippen LogP contribution in [0.2, 0.25) is 5.02 Å². The highest BCUT2D eigenvalue weighted by molar-refractivity contribution is 6.38. The molecule has 286 valence electrons. The number of carbonyl (C=O) groups excluding carboxylic acids is 5. The molecule has 4 N–H and O–H groups in total. The van der Waals surface area contributed by atoms with Gasteiger partial charge in [0.25, 0.3) is 5.91 Å². The number of hydrogen-bond donors (Lipinski definition) is 4. The van der Waals surface area contributed by atoms with E-state index in [1.54, 1.807) is 25.1 Å². The van der Waals surface area contributed by atoms with Gasteiger partial charge in [0.2, 0.25) is 23.5 Å². The van der Waals surface area contributed by atoms with Crippen molar-refractivity contribution in [1.82, 2.24) is 26.3 Å². The van der Waals surface area contributed by atoms with Gasteiger partial charge in [0.1, 0.15) is 29.2 Å². The van der Waals surface area contributed by atoms with Gasteiger partial charge in [-0.15, -0.1) is 0 Å². The van der Waals surface area contributed by atoms with Crippen LogP contribution in [0.25, 0.3) is 5.70 Å². The molecule has 14 heteroatoms. The monoisotopic (exact) mass is 744 g/mol. The van der Waals surface area contributed by atoms with Gasteiger partial charge >= 0.3 is 0 Å². The van der Waals surface area contributed by atoms with Crippen LogP contribution >= 0.6 is 11.6 Å². The molecule has 0 unspecified atom stereocenters. The Balaban J connectivity index is 1.47. The number of Topliss-reactive ketones (excluding diaryl/α,β-unsaturated/α-hetero) is 1. The molecular formula is C38H54ClN5O8. The van der Waals surface area contributed by atoms with E-state index in [1.807, 2.05) is 20.8 Å². The van der Waals surface area contributed by atoms with Crippen LogP contribution in [-0.4, -0.2) is 84.8 Å². The zero-order chi connectivity index (χ0) is 38.7. The minimum atomic E-state index is -2.27. The second-order valence-electron chi connectivity index (χ2n) is 15.6. The molecule has 1 aromatic rings. The molecule has 2 saturated carbocycles. The predicted molar refractivity (Wildman–Crippen MR) is 195 cm³/mol. The lowest BCUT2D eigenvalue weighted by molar-refractivity contribution is -0.145. The van der Waals surface area contributed by atoms with Crippen LogP contribution in [0, 0.1) is 11.3 Å². The summed E-state index contributed by atoms with van der Waals surface area (Å²) in [6, 6.07) is -1.35. The molecule has 52 heavy (non-hydrogen) atoms. The van der Waals surface area contributed by atoms with Gasteiger partial charge in [0.05, 0.1) is 38.9 Å². The third-order valence-corrected chi connectivity index (χ3v) is 10.6. The average molecular weight is 745 g/mol. The van der Waals surface area contributed by atoms with Crippen LogP contribution in [0.4, 0.5) is 0 Å². The van der Waals surface area contributed by atoms with Gasteiger partial charge in [-0.1, -0.05) is 65.0 Å². The summed E-state index contributed by atoms with van der Waals surface area (Å²) in [5, 5.41) is 8.48. The molecule has 1 spiro atoms. The van der Waals surface area contributed by atoms with Crippen molar-refractivity contribution >= 4 is 46.7 Å². The lowest BCUT2D eigenvalue weighted by atomic mass is 9.84. The molecule has 4 atom stereocenters. The standard InChI is InChI=1S/C38H54ClN5O8/c1-7-11-26(32(46)35(48)40-23-14-15-23)41-34(47)28-20-38(19-27(43-52-38)24-17-25(39)30(51-6)18-29(24)50-5)21-44(28)36(49)33(37(2,3)4)42-31(45)16-22-12-9-8-10-13-22/h17-19,22-23,26,28,33,43H,7-16,20-21H2,1-6H3,(H,40,48)(H,41,47)(H,42,45)/t26-,28-,33+,38+/m0/s1/i26D. The fraction of sp³-hybridized carbons (Fsp3) is 0.658. The van der Waals surface area contributed by atoms with E-state index >= 15 is 0 Å². The van der Waals surface area contributed by atoms with Crippen molar-refractivity contribution in [1.29, 1.82) is 0 Å². The van der Waals surface area contributed by atoms with Gasteiger partial charge in [-0.2, -0.15) is 0 Å². The quantitative estimate of drug-likeness (QED) is 0.205. The summed E-state index contributed by atoms with van der Waals surface area (Å²) in [4.78, 5) is 76.2. The zero-order valence-corrected chi connectivity index (χ0v) is 31.9. The number of likely N-dealkylation sites (tertiary alicyclic amines) is 1. The molecular weight excluding hydrogens is 690 g/mol. The number of nitrogens with one attached hydrogen (secondary N) is 4. The average Bonchev–Trinajstić information content (AvgIpc) is 3.71. The number of hydroxylamine groups is 1. The number of methoxy groups -OCH3 is 2. The van der Waals surface area contributed by atoms with Gasteiger partial charge in [0, 0.05) is 30.5 Å². The molecule has 2 heterocycles. The second-order valence-corrected chi connectivity index (χ2v) is 16.0. The highest BCUT2D eigenvalue weighted by Gasteiger charge is 2.54. The first kappa shape index (κ1) is 37.9. The summed E-state index contributed by atoms with van der Waals surface area (Å²) < 4.78 is 20.0. The third kappa shape index (κ3) is 9.20. The van der Waals surface area contributed by atoms with Crippen LogP contribution in [-0.2, 0) is 28.8 Å². The molecule has 1 aromatic carbocycles. The molecule has 4 amide bonds. The Hall–Kier alpha value is -3.84. The maximum Gasteiger partial charge on any atom is 0.289 e. The molecule has 3 fully saturated rings. The second kappa shape index (κ2) is 16.4. The smallest absolute Gasteiger partial charge is 0.289 e. The van der Waals surface area contributed by atoms with Crippen LogP contribution in [0.15, 0.2) is 18.2 Å². The molecule has 1 saturated heterocycles. The van der Waals surface area contributed by atoms with Gasteiger partial charge in [-0.3, -0.25) is 34.3 Å². The SMILES string of the molecule is [2H][C@@](CCC)(NC(=O)[C@@H]1C[C@]2(C=C(c3cc(Cl)c(OC)cc3OC)NO2)CN1C(=O)[C@@H](NC(=O)CC1CCCCC1)C(C)(C)C)C(=O)C(=O)NC1CC1. The fourth-order valence-electron chi connectivity index (χ4n) is 7.25. The topological polar surface area (TPSA) is 164 Å². The number of nitrogens with zero attached hydrogens (tertiary/aromatic N) is 1. The van der Waals surface area contributed by atoms with E-state index in [1.165, 1.54) is 19.1 Å². The van der Waals surface area contributed by atoms with Gasteiger partial charge in [-0.25, -0.2) is 0 Å². The normalized spacial score (nSPS) is 23.8. The van der Waals surface area contributed by atoms with E-state index in [0.717, 1.165) is 44.9 Å². The lowest BCUT2D eigenvalue weighted by Crippen LogP contribution is -2.59. The van der Waals surface area contributed by atoms with Crippen molar-refractivity contribution < 1.29 is 39.7 Å². The number of ether oxygens (including phenoxy) is 2. The van der Waals surface area contributed by atoms with Crippen molar-refractivity contribution in [2.45, 2.75) is 128 Å². The van der Waals surface area contributed by atoms with Crippen LogP contribution in [0.3, 0.4) is 0 Å². The first-order chi connectivity index (χ1) is 25.0. The van der Waals surface area contributed by atoms with Gasteiger partial charge < -0.3 is 30.3 Å². The zero-order valence-electron chi connectivity index (χ0n) is 32.1. The number of carbonyl (C=O) groups is 5. The number of amides is 4. The largest absolute Gasteiger partial charge is 0.496 e. The van der Waals surface area contributed by atoms with Crippen LogP contribution < -0.4 is 30.9 Å². The summed E-state index contributed by atoms with van der Waals surface area (Å²) >= 11 is 6.47. The number of rotatable bonds is 14. The van der Waals surface area contributed by atoms with E-state index in [4.69, 9.17) is 27.3 Å². The Morgan fingerprint density at radius 3 is 2.37 bits per heavy atom. The molecule has 4 aliphatic rings. The summed E-state index contributed by atoms with van der Waals surface area (Å²) in [7, 11) is 2.99. The van der Waals surface area contributed by atoms with E-state index in [-0.39, 0.29) is 37.3 Å². The molecule has 2 aliphatic heterocycles. The summed E-state index contributed by atoms with van der Waals surface area (Å²) in [6.45, 7) is 7.17. The molecule has 0 bridgehead atoms. The van der Waals surface area contributed by atoms with E-state index in [9.17, 15) is 24.0 Å². The molecule has 2 aliphatic carbocycles. The molecule has 5 rings (SSSR count). The Bertz CT molecular complexity index is 1620. The maximum absolute atomic E-state index is 14.7. The maximum atomic E-state index is 14.7. The highest BCUT2D eigenvalue weighted by Crippen LogP contribution is 2.42. The fourth-order valence-corrected chi connectivity index (χ4v) is 7.49. The first-order valence-electron chi connectivity index (χ1n) is 18.9.